The Hall–Kier alpha value is -2.05. The lowest BCUT2D eigenvalue weighted by Crippen LogP contribution is -2.45. The number of nitrogens with one attached hydrogen (secondary N) is 1. The van der Waals surface area contributed by atoms with Crippen molar-refractivity contribution in [3.8, 4) is 0 Å². The first-order valence-corrected chi connectivity index (χ1v) is 10.4. The fraction of sp³-hybridized carbons (Fsp3) is 0.316. The molecular formula is C19H23ClN2O3S. The number of hydrogen-bond donors (Lipinski definition) is 1. The van der Waals surface area contributed by atoms with Crippen molar-refractivity contribution in [2.24, 2.45) is 0 Å². The van der Waals surface area contributed by atoms with Gasteiger partial charge in [0.1, 0.15) is 6.04 Å². The molecule has 2 aromatic rings. The van der Waals surface area contributed by atoms with Gasteiger partial charge in [0.15, 0.2) is 0 Å². The molecule has 0 unspecified atom stereocenters. The largest absolute Gasteiger partial charge is 0.324 e. The van der Waals surface area contributed by atoms with Crippen molar-refractivity contribution < 1.29 is 13.2 Å². The molecule has 0 aliphatic carbocycles. The van der Waals surface area contributed by atoms with Crippen LogP contribution in [0.4, 0.5) is 11.4 Å². The highest BCUT2D eigenvalue weighted by molar-refractivity contribution is 7.92. The molecule has 0 aromatic heterocycles. The number of carbonyl (C=O) groups excluding carboxylic acids is 1. The maximum Gasteiger partial charge on any atom is 0.248 e. The van der Waals surface area contributed by atoms with E-state index < -0.39 is 22.0 Å². The minimum Gasteiger partial charge on any atom is -0.324 e. The van der Waals surface area contributed by atoms with Gasteiger partial charge < -0.3 is 5.32 Å². The van der Waals surface area contributed by atoms with Crippen molar-refractivity contribution >= 4 is 38.9 Å². The summed E-state index contributed by atoms with van der Waals surface area (Å²) in [6.45, 7) is 7.25. The third-order valence-corrected chi connectivity index (χ3v) is 5.77. The number of aryl methyl sites for hydroxylation is 3. The molecule has 1 amide bonds. The molecule has 1 atom stereocenters. The molecule has 0 aliphatic heterocycles. The fourth-order valence-corrected chi connectivity index (χ4v) is 3.98. The molecule has 0 saturated heterocycles. The monoisotopic (exact) mass is 394 g/mol. The topological polar surface area (TPSA) is 66.5 Å². The van der Waals surface area contributed by atoms with Gasteiger partial charge in [0.25, 0.3) is 0 Å². The van der Waals surface area contributed by atoms with Crippen LogP contribution in [-0.2, 0) is 14.8 Å². The quantitative estimate of drug-likeness (QED) is 0.831. The van der Waals surface area contributed by atoms with Gasteiger partial charge in [-0.05, 0) is 68.7 Å². The molecule has 140 valence electrons. The number of nitrogens with zero attached hydrogens (tertiary/aromatic N) is 1. The Bertz CT molecular complexity index is 942. The summed E-state index contributed by atoms with van der Waals surface area (Å²) in [5.74, 6) is -0.431. The zero-order chi connectivity index (χ0) is 19.6. The first-order chi connectivity index (χ1) is 12.0. The van der Waals surface area contributed by atoms with E-state index in [1.54, 1.807) is 37.3 Å². The van der Waals surface area contributed by atoms with E-state index in [0.717, 1.165) is 27.3 Å². The SMILES string of the molecule is Cc1ccc(N([C@H](C)C(=O)Nc2cc(Cl)ccc2C)S(C)(=O)=O)cc1C. The molecule has 26 heavy (non-hydrogen) atoms. The minimum atomic E-state index is -3.66. The average Bonchev–Trinajstić information content (AvgIpc) is 2.53. The van der Waals surface area contributed by atoms with Gasteiger partial charge in [-0.2, -0.15) is 0 Å². The summed E-state index contributed by atoms with van der Waals surface area (Å²) in [7, 11) is -3.66. The van der Waals surface area contributed by atoms with Crippen LogP contribution < -0.4 is 9.62 Å². The van der Waals surface area contributed by atoms with Gasteiger partial charge in [0, 0.05) is 10.7 Å². The highest BCUT2D eigenvalue weighted by Crippen LogP contribution is 2.25. The Balaban J connectivity index is 2.37. The predicted molar refractivity (Wildman–Crippen MR) is 108 cm³/mol. The second-order valence-corrected chi connectivity index (χ2v) is 8.75. The van der Waals surface area contributed by atoms with Gasteiger partial charge in [-0.25, -0.2) is 8.42 Å². The normalized spacial score (nSPS) is 12.5. The molecule has 5 nitrogen and oxygen atoms in total. The fourth-order valence-electron chi connectivity index (χ4n) is 2.64. The van der Waals surface area contributed by atoms with Crippen LogP contribution in [0.1, 0.15) is 23.6 Å². The molecule has 2 aromatic carbocycles. The van der Waals surface area contributed by atoms with Gasteiger partial charge in [0.05, 0.1) is 11.9 Å². The number of carbonyl (C=O) groups is 1. The summed E-state index contributed by atoms with van der Waals surface area (Å²) in [6, 6.07) is 9.55. The van der Waals surface area contributed by atoms with Crippen LogP contribution in [-0.4, -0.2) is 26.6 Å². The Kier molecular flexibility index (Phi) is 5.98. The van der Waals surface area contributed by atoms with Crippen LogP contribution in [0.25, 0.3) is 0 Å². The van der Waals surface area contributed by atoms with Crippen molar-refractivity contribution in [1.82, 2.24) is 0 Å². The second kappa shape index (κ2) is 7.68. The molecule has 0 fully saturated rings. The minimum absolute atomic E-state index is 0.431. The Labute approximate surface area is 160 Å². The van der Waals surface area contributed by atoms with E-state index in [9.17, 15) is 13.2 Å². The van der Waals surface area contributed by atoms with Crippen LogP contribution in [0.3, 0.4) is 0 Å². The third kappa shape index (κ3) is 4.56. The van der Waals surface area contributed by atoms with Crippen molar-refractivity contribution in [3.05, 3.63) is 58.1 Å². The van der Waals surface area contributed by atoms with Gasteiger partial charge >= 0.3 is 0 Å². The zero-order valence-electron chi connectivity index (χ0n) is 15.5. The van der Waals surface area contributed by atoms with E-state index in [1.165, 1.54) is 0 Å². The van der Waals surface area contributed by atoms with Gasteiger partial charge in [-0.15, -0.1) is 0 Å². The van der Waals surface area contributed by atoms with E-state index in [1.807, 2.05) is 26.8 Å². The van der Waals surface area contributed by atoms with Crippen LogP contribution in [0.2, 0.25) is 5.02 Å². The molecule has 1 N–H and O–H groups in total. The van der Waals surface area contributed by atoms with Crippen LogP contribution >= 0.6 is 11.6 Å². The standard InChI is InChI=1S/C19H23ClN2O3S/c1-12-7-9-17(10-14(12)3)22(26(5,24)25)15(4)19(23)21-18-11-16(20)8-6-13(18)2/h6-11,15H,1-5H3,(H,21,23)/t15-/m1/s1. The predicted octanol–water partition coefficient (Wildman–Crippen LogP) is 4.06. The smallest absolute Gasteiger partial charge is 0.248 e. The Morgan fingerprint density at radius 3 is 2.23 bits per heavy atom. The summed E-state index contributed by atoms with van der Waals surface area (Å²) in [4.78, 5) is 12.7. The molecule has 7 heteroatoms. The third-order valence-electron chi connectivity index (χ3n) is 4.29. The summed E-state index contributed by atoms with van der Waals surface area (Å²) in [5.41, 5.74) is 3.86. The van der Waals surface area contributed by atoms with Crippen LogP contribution in [0.5, 0.6) is 0 Å². The van der Waals surface area contributed by atoms with Gasteiger partial charge in [-0.3, -0.25) is 9.10 Å². The number of anilines is 2. The Morgan fingerprint density at radius 2 is 1.65 bits per heavy atom. The van der Waals surface area contributed by atoms with Crippen molar-refractivity contribution in [1.29, 1.82) is 0 Å². The van der Waals surface area contributed by atoms with Gasteiger partial charge in [-0.1, -0.05) is 23.7 Å². The molecule has 0 bridgehead atoms. The van der Waals surface area contributed by atoms with Crippen LogP contribution in [0, 0.1) is 20.8 Å². The first kappa shape index (κ1) is 20.3. The molecule has 2 rings (SSSR count). The molecular weight excluding hydrogens is 372 g/mol. The van der Waals surface area contributed by atoms with E-state index >= 15 is 0 Å². The van der Waals surface area contributed by atoms with E-state index in [-0.39, 0.29) is 0 Å². The summed E-state index contributed by atoms with van der Waals surface area (Å²) < 4.78 is 25.9. The molecule has 0 saturated carbocycles. The van der Waals surface area contributed by atoms with E-state index in [4.69, 9.17) is 11.6 Å². The second-order valence-electron chi connectivity index (χ2n) is 6.45. The van der Waals surface area contributed by atoms with Gasteiger partial charge in [0.2, 0.25) is 15.9 Å². The highest BCUT2D eigenvalue weighted by Gasteiger charge is 2.29. The van der Waals surface area contributed by atoms with E-state index in [2.05, 4.69) is 5.32 Å². The number of hydrogen-bond acceptors (Lipinski definition) is 3. The number of benzene rings is 2. The lowest BCUT2D eigenvalue weighted by atomic mass is 10.1. The van der Waals surface area contributed by atoms with Crippen molar-refractivity contribution in [3.63, 3.8) is 0 Å². The Morgan fingerprint density at radius 1 is 1.04 bits per heavy atom. The van der Waals surface area contributed by atoms with Crippen LogP contribution in [0.15, 0.2) is 36.4 Å². The van der Waals surface area contributed by atoms with E-state index in [0.29, 0.717) is 16.4 Å². The van der Waals surface area contributed by atoms with Crippen molar-refractivity contribution in [2.45, 2.75) is 33.7 Å². The molecule has 0 spiro atoms. The summed E-state index contributed by atoms with van der Waals surface area (Å²) in [6.07, 6.45) is 1.09. The van der Waals surface area contributed by atoms with Crippen molar-refractivity contribution in [2.75, 3.05) is 15.9 Å². The number of rotatable bonds is 5. The molecule has 0 radical (unpaired) electrons. The number of sulfonamides is 1. The maximum absolute atomic E-state index is 12.7. The summed E-state index contributed by atoms with van der Waals surface area (Å²) >= 11 is 5.99. The lowest BCUT2D eigenvalue weighted by Gasteiger charge is -2.29. The zero-order valence-corrected chi connectivity index (χ0v) is 17.1. The highest BCUT2D eigenvalue weighted by atomic mass is 35.5. The number of halogens is 1. The maximum atomic E-state index is 12.7. The molecule has 0 aliphatic rings. The first-order valence-electron chi connectivity index (χ1n) is 8.14. The lowest BCUT2D eigenvalue weighted by molar-refractivity contribution is -0.116. The average molecular weight is 395 g/mol. The summed E-state index contributed by atoms with van der Waals surface area (Å²) in [5, 5.41) is 3.26. The molecule has 0 heterocycles. The number of amides is 1.